The van der Waals surface area contributed by atoms with Crippen LogP contribution < -0.4 is 5.32 Å². The van der Waals surface area contributed by atoms with Gasteiger partial charge in [0, 0.05) is 37.5 Å². The molecule has 7 heteroatoms. The number of hydrogen-bond acceptors (Lipinski definition) is 6. The van der Waals surface area contributed by atoms with E-state index < -0.39 is 0 Å². The molecule has 0 aliphatic rings. The summed E-state index contributed by atoms with van der Waals surface area (Å²) in [6.07, 6.45) is 3.78. The average molecular weight is 442 g/mol. The number of fused-ring (bicyclic) bond motifs is 1. The number of methoxy groups -OCH3 is 1. The quantitative estimate of drug-likeness (QED) is 0.364. The molecule has 5 aromatic rings. The number of anilines is 1. The first-order valence-corrected chi connectivity index (χ1v) is 11.2. The van der Waals surface area contributed by atoms with Crippen LogP contribution in [0.25, 0.3) is 21.3 Å². The minimum absolute atomic E-state index is 0.173. The molecule has 160 valence electrons. The fourth-order valence-electron chi connectivity index (χ4n) is 3.85. The van der Waals surface area contributed by atoms with Gasteiger partial charge in [0.2, 0.25) is 0 Å². The highest BCUT2D eigenvalue weighted by Crippen LogP contribution is 2.38. The Bertz CT molecular complexity index is 1330. The summed E-state index contributed by atoms with van der Waals surface area (Å²) >= 11 is 1.62. The molecule has 1 unspecified atom stereocenters. The third-order valence-corrected chi connectivity index (χ3v) is 6.24. The number of imidazole rings is 1. The highest BCUT2D eigenvalue weighted by molar-refractivity contribution is 7.17. The number of rotatable bonds is 7. The highest BCUT2D eigenvalue weighted by Gasteiger charge is 2.22. The number of nitrogens with zero attached hydrogens (tertiary/aromatic N) is 4. The summed E-state index contributed by atoms with van der Waals surface area (Å²) in [6.45, 7) is 0.349. The maximum absolute atomic E-state index is 5.34. The third-order valence-electron chi connectivity index (χ3n) is 5.37. The van der Waals surface area contributed by atoms with Crippen LogP contribution in [0.4, 0.5) is 5.82 Å². The van der Waals surface area contributed by atoms with Gasteiger partial charge in [-0.15, -0.1) is 11.3 Å². The van der Waals surface area contributed by atoms with E-state index in [2.05, 4.69) is 39.9 Å². The van der Waals surface area contributed by atoms with E-state index in [-0.39, 0.29) is 6.04 Å². The number of ether oxygens (including phenoxy) is 1. The minimum atomic E-state index is -0.173. The van der Waals surface area contributed by atoms with Crippen molar-refractivity contribution in [2.75, 3.05) is 12.4 Å². The van der Waals surface area contributed by atoms with E-state index in [9.17, 15) is 0 Å². The molecule has 0 bridgehead atoms. The number of aromatic nitrogens is 4. The molecule has 6 nitrogen and oxygen atoms in total. The fourth-order valence-corrected chi connectivity index (χ4v) is 4.81. The van der Waals surface area contributed by atoms with Crippen LogP contribution in [-0.4, -0.2) is 26.6 Å². The molecule has 0 fully saturated rings. The molecule has 1 atom stereocenters. The second-order valence-corrected chi connectivity index (χ2v) is 8.36. The van der Waals surface area contributed by atoms with Gasteiger partial charge in [0.05, 0.1) is 5.39 Å². The lowest BCUT2D eigenvalue weighted by atomic mass is 10.0. The van der Waals surface area contributed by atoms with Gasteiger partial charge in [-0.25, -0.2) is 15.0 Å². The van der Waals surface area contributed by atoms with E-state index in [0.717, 1.165) is 38.5 Å². The van der Waals surface area contributed by atoms with Gasteiger partial charge in [-0.3, -0.25) is 0 Å². The zero-order valence-electron chi connectivity index (χ0n) is 17.9. The molecule has 0 amide bonds. The first kappa shape index (κ1) is 20.4. The molecule has 5 rings (SSSR count). The van der Waals surface area contributed by atoms with Crippen LogP contribution in [0.1, 0.15) is 23.3 Å². The summed E-state index contributed by atoms with van der Waals surface area (Å²) in [5.41, 5.74) is 3.36. The summed E-state index contributed by atoms with van der Waals surface area (Å²) in [4.78, 5) is 15.2. The van der Waals surface area contributed by atoms with Gasteiger partial charge in [0.1, 0.15) is 29.1 Å². The van der Waals surface area contributed by atoms with Crippen LogP contribution in [0, 0.1) is 0 Å². The molecule has 0 aliphatic heterocycles. The van der Waals surface area contributed by atoms with Crippen LogP contribution in [0.3, 0.4) is 0 Å². The van der Waals surface area contributed by atoms with Crippen molar-refractivity contribution in [1.29, 1.82) is 0 Å². The lowest BCUT2D eigenvalue weighted by Gasteiger charge is -2.21. The highest BCUT2D eigenvalue weighted by atomic mass is 32.1. The minimum Gasteiger partial charge on any atom is -0.377 e. The molecular weight excluding hydrogens is 418 g/mol. The molecule has 0 spiro atoms. The summed E-state index contributed by atoms with van der Waals surface area (Å²) < 4.78 is 7.37. The molecule has 0 aliphatic carbocycles. The van der Waals surface area contributed by atoms with E-state index in [1.807, 2.05) is 60.4 Å². The van der Waals surface area contributed by atoms with Gasteiger partial charge in [0.25, 0.3) is 0 Å². The monoisotopic (exact) mass is 441 g/mol. The molecular formula is C25H23N5OS. The van der Waals surface area contributed by atoms with Crippen molar-refractivity contribution >= 4 is 27.4 Å². The molecule has 0 saturated heterocycles. The number of hydrogen-bond donors (Lipinski definition) is 1. The number of nitrogens with one attached hydrogen (secondary N) is 1. The molecule has 0 saturated carbocycles. The Kier molecular flexibility index (Phi) is 5.66. The van der Waals surface area contributed by atoms with Crippen molar-refractivity contribution in [3.8, 4) is 11.1 Å². The van der Waals surface area contributed by atoms with Crippen LogP contribution in [0.2, 0.25) is 0 Å². The van der Waals surface area contributed by atoms with Crippen LogP contribution >= 0.6 is 11.3 Å². The maximum atomic E-state index is 5.34. The second kappa shape index (κ2) is 8.90. The number of thiophene rings is 1. The van der Waals surface area contributed by atoms with Gasteiger partial charge in [0.15, 0.2) is 5.82 Å². The second-order valence-electron chi connectivity index (χ2n) is 7.50. The Morgan fingerprint density at radius 3 is 2.47 bits per heavy atom. The van der Waals surface area contributed by atoms with Crippen molar-refractivity contribution in [1.82, 2.24) is 19.5 Å². The van der Waals surface area contributed by atoms with Crippen LogP contribution in [0.5, 0.6) is 0 Å². The fraction of sp³-hybridized carbons (Fsp3) is 0.160. The number of aryl methyl sites for hydroxylation is 1. The molecule has 3 aromatic heterocycles. The van der Waals surface area contributed by atoms with Crippen molar-refractivity contribution in [3.05, 3.63) is 95.6 Å². The van der Waals surface area contributed by atoms with Crippen molar-refractivity contribution in [3.63, 3.8) is 0 Å². The third kappa shape index (κ3) is 3.88. The lowest BCUT2D eigenvalue weighted by molar-refractivity contribution is 0.178. The van der Waals surface area contributed by atoms with Gasteiger partial charge in [-0.1, -0.05) is 60.7 Å². The van der Waals surface area contributed by atoms with Crippen molar-refractivity contribution in [2.24, 2.45) is 7.05 Å². The smallest absolute Gasteiger partial charge is 0.158 e. The van der Waals surface area contributed by atoms with Gasteiger partial charge >= 0.3 is 0 Å². The Labute approximate surface area is 190 Å². The Hall–Kier alpha value is -3.55. The Morgan fingerprint density at radius 1 is 1.03 bits per heavy atom. The normalized spacial score (nSPS) is 12.2. The first-order chi connectivity index (χ1) is 15.7. The maximum Gasteiger partial charge on any atom is 0.158 e. The standard InChI is InChI=1S/C25H23N5OS/c1-30-14-13-26-24(30)22(18-11-7-4-8-12-18)29-23-21-19(17-9-5-3-6-10-17)16-32-25(21)28-20(27-23)15-31-2/h3-14,16,22H,15H2,1-2H3,(H,27,28,29). The molecule has 1 N–H and O–H groups in total. The largest absolute Gasteiger partial charge is 0.377 e. The van der Waals surface area contributed by atoms with E-state index >= 15 is 0 Å². The van der Waals surface area contributed by atoms with E-state index in [1.54, 1.807) is 18.4 Å². The van der Waals surface area contributed by atoms with Crippen LogP contribution in [-0.2, 0) is 18.4 Å². The van der Waals surface area contributed by atoms with E-state index in [0.29, 0.717) is 12.4 Å². The summed E-state index contributed by atoms with van der Waals surface area (Å²) in [7, 11) is 3.66. The average Bonchev–Trinajstić information content (AvgIpc) is 3.45. The topological polar surface area (TPSA) is 64.9 Å². The SMILES string of the molecule is COCc1nc(NC(c2ccccc2)c2nccn2C)c2c(-c3ccccc3)csc2n1. The summed E-state index contributed by atoms with van der Waals surface area (Å²) in [5, 5.41) is 6.85. The summed E-state index contributed by atoms with van der Waals surface area (Å²) in [6, 6.07) is 20.5. The Morgan fingerprint density at radius 2 is 1.78 bits per heavy atom. The van der Waals surface area contributed by atoms with Gasteiger partial charge in [-0.2, -0.15) is 0 Å². The molecule has 2 aromatic carbocycles. The zero-order valence-corrected chi connectivity index (χ0v) is 18.7. The first-order valence-electron chi connectivity index (χ1n) is 10.4. The Balaban J connectivity index is 1.69. The van der Waals surface area contributed by atoms with Crippen LogP contribution in [0.15, 0.2) is 78.4 Å². The van der Waals surface area contributed by atoms with Gasteiger partial charge in [-0.05, 0) is 11.1 Å². The predicted molar refractivity (Wildman–Crippen MR) is 129 cm³/mol. The van der Waals surface area contributed by atoms with E-state index in [4.69, 9.17) is 14.7 Å². The van der Waals surface area contributed by atoms with E-state index in [1.165, 1.54) is 0 Å². The number of benzene rings is 2. The summed E-state index contributed by atoms with van der Waals surface area (Å²) in [5.74, 6) is 2.34. The van der Waals surface area contributed by atoms with Crippen molar-refractivity contribution in [2.45, 2.75) is 12.6 Å². The molecule has 0 radical (unpaired) electrons. The lowest BCUT2D eigenvalue weighted by Crippen LogP contribution is -2.18. The zero-order chi connectivity index (χ0) is 21.9. The molecule has 32 heavy (non-hydrogen) atoms. The molecule has 3 heterocycles. The van der Waals surface area contributed by atoms with Crippen molar-refractivity contribution < 1.29 is 4.74 Å². The van der Waals surface area contributed by atoms with Gasteiger partial charge < -0.3 is 14.6 Å². The predicted octanol–water partition coefficient (Wildman–Crippen LogP) is 5.44.